The SMILES string of the molecule is CC1CCCNC1CN1CCSC(C)(C)CC1. The van der Waals surface area contributed by atoms with Gasteiger partial charge in [0.2, 0.25) is 0 Å². The van der Waals surface area contributed by atoms with Crippen LogP contribution in [0.15, 0.2) is 0 Å². The zero-order valence-corrected chi connectivity index (χ0v) is 12.5. The van der Waals surface area contributed by atoms with Crippen LogP contribution < -0.4 is 5.32 Å². The lowest BCUT2D eigenvalue weighted by molar-refractivity contribution is 0.196. The molecule has 2 aliphatic heterocycles. The van der Waals surface area contributed by atoms with Crippen molar-refractivity contribution >= 4 is 11.8 Å². The van der Waals surface area contributed by atoms with E-state index in [0.29, 0.717) is 4.75 Å². The summed E-state index contributed by atoms with van der Waals surface area (Å²) in [7, 11) is 0. The molecule has 17 heavy (non-hydrogen) atoms. The number of piperidine rings is 1. The van der Waals surface area contributed by atoms with Gasteiger partial charge in [0.1, 0.15) is 0 Å². The minimum atomic E-state index is 0.486. The average Bonchev–Trinajstić information content (AvgIpc) is 2.44. The fraction of sp³-hybridized carbons (Fsp3) is 1.00. The van der Waals surface area contributed by atoms with Crippen molar-refractivity contribution in [3.63, 3.8) is 0 Å². The number of thioether (sulfide) groups is 1. The van der Waals surface area contributed by atoms with Crippen LogP contribution in [0.25, 0.3) is 0 Å². The second-order valence-electron chi connectivity index (χ2n) is 6.34. The highest BCUT2D eigenvalue weighted by molar-refractivity contribution is 8.00. The molecule has 0 amide bonds. The molecule has 0 bridgehead atoms. The molecule has 1 N–H and O–H groups in total. The standard InChI is InChI=1S/C14H28N2S/c1-12-5-4-7-15-13(12)11-16-8-6-14(2,3)17-10-9-16/h12-13,15H,4-11H2,1-3H3. The molecule has 2 atom stereocenters. The third-order valence-electron chi connectivity index (χ3n) is 4.31. The predicted molar refractivity (Wildman–Crippen MR) is 77.8 cm³/mol. The third-order valence-corrected chi connectivity index (χ3v) is 5.69. The normalized spacial score (nSPS) is 35.5. The van der Waals surface area contributed by atoms with Crippen molar-refractivity contribution in [2.75, 3.05) is 31.9 Å². The van der Waals surface area contributed by atoms with Gasteiger partial charge in [0, 0.05) is 29.6 Å². The van der Waals surface area contributed by atoms with E-state index in [2.05, 4.69) is 42.7 Å². The minimum Gasteiger partial charge on any atom is -0.312 e. The zero-order valence-electron chi connectivity index (χ0n) is 11.7. The van der Waals surface area contributed by atoms with Crippen molar-refractivity contribution in [1.29, 1.82) is 0 Å². The highest BCUT2D eigenvalue weighted by Crippen LogP contribution is 2.31. The molecular weight excluding hydrogens is 228 g/mol. The summed E-state index contributed by atoms with van der Waals surface area (Å²) in [5.74, 6) is 2.15. The van der Waals surface area contributed by atoms with Crippen molar-refractivity contribution < 1.29 is 0 Å². The van der Waals surface area contributed by atoms with E-state index < -0.39 is 0 Å². The lowest BCUT2D eigenvalue weighted by atomic mass is 9.92. The molecule has 2 fully saturated rings. The van der Waals surface area contributed by atoms with Crippen molar-refractivity contribution in [2.24, 2.45) is 5.92 Å². The van der Waals surface area contributed by atoms with Gasteiger partial charge in [-0.2, -0.15) is 11.8 Å². The number of nitrogens with zero attached hydrogens (tertiary/aromatic N) is 1. The second kappa shape index (κ2) is 5.94. The summed E-state index contributed by atoms with van der Waals surface area (Å²) in [6.07, 6.45) is 4.10. The van der Waals surface area contributed by atoms with E-state index >= 15 is 0 Å². The summed E-state index contributed by atoms with van der Waals surface area (Å²) in [5, 5.41) is 3.71. The smallest absolute Gasteiger partial charge is 0.0220 e. The molecule has 100 valence electrons. The fourth-order valence-electron chi connectivity index (χ4n) is 2.88. The zero-order chi connectivity index (χ0) is 12.3. The van der Waals surface area contributed by atoms with Gasteiger partial charge in [-0.25, -0.2) is 0 Å². The molecule has 0 radical (unpaired) electrons. The summed E-state index contributed by atoms with van der Waals surface area (Å²) in [6.45, 7) is 12.2. The van der Waals surface area contributed by atoms with E-state index in [4.69, 9.17) is 0 Å². The molecule has 0 saturated carbocycles. The molecule has 2 unspecified atom stereocenters. The summed E-state index contributed by atoms with van der Waals surface area (Å²) in [5.41, 5.74) is 0. The van der Waals surface area contributed by atoms with Crippen molar-refractivity contribution in [3.05, 3.63) is 0 Å². The van der Waals surface area contributed by atoms with Crippen LogP contribution in [0.4, 0.5) is 0 Å². The Labute approximate surface area is 111 Å². The summed E-state index contributed by atoms with van der Waals surface area (Å²) < 4.78 is 0.486. The van der Waals surface area contributed by atoms with Gasteiger partial charge < -0.3 is 10.2 Å². The van der Waals surface area contributed by atoms with Crippen LogP contribution in [0.3, 0.4) is 0 Å². The second-order valence-corrected chi connectivity index (χ2v) is 8.14. The van der Waals surface area contributed by atoms with Crippen LogP contribution in [0.2, 0.25) is 0 Å². The van der Waals surface area contributed by atoms with Crippen LogP contribution in [-0.4, -0.2) is 47.6 Å². The van der Waals surface area contributed by atoms with Gasteiger partial charge in [-0.1, -0.05) is 20.8 Å². The Hall–Kier alpha value is 0.270. The van der Waals surface area contributed by atoms with Gasteiger partial charge in [-0.15, -0.1) is 0 Å². The van der Waals surface area contributed by atoms with Crippen LogP contribution in [0.1, 0.15) is 40.0 Å². The van der Waals surface area contributed by atoms with Gasteiger partial charge in [0.15, 0.2) is 0 Å². The molecule has 0 aromatic heterocycles. The monoisotopic (exact) mass is 256 g/mol. The summed E-state index contributed by atoms with van der Waals surface area (Å²) in [4.78, 5) is 2.68. The van der Waals surface area contributed by atoms with E-state index in [1.807, 2.05) is 0 Å². The first kappa shape index (κ1) is 13.7. The molecule has 2 heterocycles. The molecule has 0 spiro atoms. The molecule has 2 saturated heterocycles. The topological polar surface area (TPSA) is 15.3 Å². The van der Waals surface area contributed by atoms with Crippen LogP contribution >= 0.6 is 11.8 Å². The van der Waals surface area contributed by atoms with Gasteiger partial charge in [-0.3, -0.25) is 0 Å². The first-order valence-electron chi connectivity index (χ1n) is 7.16. The van der Waals surface area contributed by atoms with E-state index in [9.17, 15) is 0 Å². The van der Waals surface area contributed by atoms with Gasteiger partial charge in [0.25, 0.3) is 0 Å². The Bertz CT molecular complexity index is 242. The lowest BCUT2D eigenvalue weighted by Crippen LogP contribution is -2.48. The van der Waals surface area contributed by atoms with E-state index in [1.54, 1.807) is 0 Å². The molecule has 2 rings (SSSR count). The Morgan fingerprint density at radius 2 is 2.18 bits per heavy atom. The average molecular weight is 256 g/mol. The highest BCUT2D eigenvalue weighted by atomic mass is 32.2. The van der Waals surface area contributed by atoms with Crippen molar-refractivity contribution in [2.45, 2.75) is 50.8 Å². The maximum Gasteiger partial charge on any atom is 0.0220 e. The molecule has 2 nitrogen and oxygen atoms in total. The predicted octanol–water partition coefficient (Wildman–Crippen LogP) is 2.59. The van der Waals surface area contributed by atoms with Crippen LogP contribution in [0, 0.1) is 5.92 Å². The van der Waals surface area contributed by atoms with Crippen molar-refractivity contribution in [1.82, 2.24) is 10.2 Å². The Morgan fingerprint density at radius 3 is 2.94 bits per heavy atom. The molecule has 0 aromatic rings. The molecule has 0 aliphatic carbocycles. The Balaban J connectivity index is 1.82. The van der Waals surface area contributed by atoms with E-state index in [0.717, 1.165) is 12.0 Å². The molecule has 0 aromatic carbocycles. The molecular formula is C14H28N2S. The number of hydrogen-bond acceptors (Lipinski definition) is 3. The minimum absolute atomic E-state index is 0.486. The van der Waals surface area contributed by atoms with Gasteiger partial charge >= 0.3 is 0 Å². The Morgan fingerprint density at radius 1 is 1.35 bits per heavy atom. The first-order valence-corrected chi connectivity index (χ1v) is 8.15. The highest BCUT2D eigenvalue weighted by Gasteiger charge is 2.27. The number of nitrogens with one attached hydrogen (secondary N) is 1. The van der Waals surface area contributed by atoms with Gasteiger partial charge in [-0.05, 0) is 38.3 Å². The molecule has 2 aliphatic rings. The quantitative estimate of drug-likeness (QED) is 0.817. The van der Waals surface area contributed by atoms with Crippen LogP contribution in [0.5, 0.6) is 0 Å². The fourth-order valence-corrected chi connectivity index (χ4v) is 4.02. The number of rotatable bonds is 2. The third kappa shape index (κ3) is 4.15. The maximum absolute atomic E-state index is 3.71. The number of hydrogen-bond donors (Lipinski definition) is 1. The van der Waals surface area contributed by atoms with E-state index in [-0.39, 0.29) is 0 Å². The Kier molecular flexibility index (Phi) is 4.79. The van der Waals surface area contributed by atoms with Crippen molar-refractivity contribution in [3.8, 4) is 0 Å². The van der Waals surface area contributed by atoms with Crippen LogP contribution in [-0.2, 0) is 0 Å². The maximum atomic E-state index is 3.71. The first-order chi connectivity index (χ1) is 8.07. The summed E-state index contributed by atoms with van der Waals surface area (Å²) >= 11 is 2.15. The summed E-state index contributed by atoms with van der Waals surface area (Å²) in [6, 6.07) is 0.731. The molecule has 3 heteroatoms. The van der Waals surface area contributed by atoms with E-state index in [1.165, 1.54) is 51.2 Å². The largest absolute Gasteiger partial charge is 0.312 e. The lowest BCUT2D eigenvalue weighted by Gasteiger charge is -2.34. The van der Waals surface area contributed by atoms with Gasteiger partial charge in [0.05, 0.1) is 0 Å².